The van der Waals surface area contributed by atoms with E-state index < -0.39 is 0 Å². The van der Waals surface area contributed by atoms with Gasteiger partial charge in [-0.1, -0.05) is 12.1 Å². The normalized spacial score (nSPS) is 15.1. The monoisotopic (exact) mass is 413 g/mol. The highest BCUT2D eigenvalue weighted by Crippen LogP contribution is 2.20. The van der Waals surface area contributed by atoms with Crippen molar-refractivity contribution < 1.29 is 14.3 Å². The summed E-state index contributed by atoms with van der Waals surface area (Å²) in [6, 6.07) is 8.55. The van der Waals surface area contributed by atoms with Gasteiger partial charge in [0.25, 0.3) is 5.91 Å². The van der Waals surface area contributed by atoms with Crippen molar-refractivity contribution in [1.29, 1.82) is 0 Å². The molecule has 0 bridgehead atoms. The van der Waals surface area contributed by atoms with Crippen molar-refractivity contribution >= 4 is 11.6 Å². The Kier molecular flexibility index (Phi) is 7.10. The number of ether oxygens (including phenoxy) is 2. The van der Waals surface area contributed by atoms with Gasteiger partial charge in [0.15, 0.2) is 6.61 Å². The number of nitrogens with two attached hydrogens (primary N) is 1. The molecule has 1 aliphatic rings. The molecule has 2 aromatic rings. The van der Waals surface area contributed by atoms with E-state index in [4.69, 9.17) is 15.2 Å². The number of methoxy groups -OCH3 is 1. The fourth-order valence-corrected chi connectivity index (χ4v) is 3.68. The van der Waals surface area contributed by atoms with Gasteiger partial charge in [0.2, 0.25) is 0 Å². The number of nitrogen functional groups attached to an aromatic ring is 1. The maximum atomic E-state index is 12.6. The van der Waals surface area contributed by atoms with Crippen molar-refractivity contribution in [3.8, 4) is 11.8 Å². The van der Waals surface area contributed by atoms with E-state index in [2.05, 4.69) is 27.0 Å². The molecule has 30 heavy (non-hydrogen) atoms. The van der Waals surface area contributed by atoms with Crippen molar-refractivity contribution in [3.63, 3.8) is 0 Å². The highest BCUT2D eigenvalue weighted by atomic mass is 16.5. The maximum Gasteiger partial charge on any atom is 0.317 e. The molecule has 0 radical (unpaired) electrons. The van der Waals surface area contributed by atoms with Gasteiger partial charge >= 0.3 is 6.01 Å². The van der Waals surface area contributed by atoms with Gasteiger partial charge in [-0.25, -0.2) is 0 Å². The van der Waals surface area contributed by atoms with Gasteiger partial charge in [-0.3, -0.25) is 9.69 Å². The smallest absolute Gasteiger partial charge is 0.317 e. The van der Waals surface area contributed by atoms with Crippen LogP contribution in [0.25, 0.3) is 0 Å². The first-order valence-electron chi connectivity index (χ1n) is 10.2. The summed E-state index contributed by atoms with van der Waals surface area (Å²) in [4.78, 5) is 25.2. The van der Waals surface area contributed by atoms with E-state index in [-0.39, 0.29) is 24.6 Å². The lowest BCUT2D eigenvalue weighted by Gasteiger charge is -2.36. The lowest BCUT2D eigenvalue weighted by Crippen LogP contribution is -2.46. The van der Waals surface area contributed by atoms with Gasteiger partial charge in [-0.05, 0) is 44.4 Å². The van der Waals surface area contributed by atoms with Gasteiger partial charge < -0.3 is 20.1 Å². The quantitative estimate of drug-likeness (QED) is 0.743. The number of likely N-dealkylation sites (N-methyl/N-ethyl adjacent to an activating group) is 1. The van der Waals surface area contributed by atoms with E-state index >= 15 is 0 Å². The Morgan fingerprint density at radius 3 is 2.53 bits per heavy atom. The van der Waals surface area contributed by atoms with E-state index in [0.29, 0.717) is 17.1 Å². The van der Waals surface area contributed by atoms with Crippen LogP contribution in [0.15, 0.2) is 24.3 Å². The molecule has 8 nitrogen and oxygen atoms in total. The molecule has 1 aromatic carbocycles. The number of piperidine rings is 1. The van der Waals surface area contributed by atoms with Crippen LogP contribution in [0.1, 0.15) is 29.8 Å². The summed E-state index contributed by atoms with van der Waals surface area (Å²) < 4.78 is 10.8. The maximum absolute atomic E-state index is 12.6. The molecule has 0 aliphatic carbocycles. The van der Waals surface area contributed by atoms with Crippen LogP contribution in [-0.2, 0) is 11.3 Å². The number of likely N-dealkylation sites (tertiary alicyclic amines) is 1. The number of aromatic nitrogens is 2. The van der Waals surface area contributed by atoms with Crippen molar-refractivity contribution in [3.05, 3.63) is 41.2 Å². The molecule has 3 rings (SSSR count). The van der Waals surface area contributed by atoms with Crippen LogP contribution in [0.2, 0.25) is 0 Å². The number of aryl methyl sites for hydroxylation is 2. The highest BCUT2D eigenvalue weighted by Gasteiger charge is 2.26. The van der Waals surface area contributed by atoms with E-state index in [1.807, 2.05) is 19.2 Å². The second-order valence-corrected chi connectivity index (χ2v) is 7.74. The van der Waals surface area contributed by atoms with Crippen LogP contribution in [0.3, 0.4) is 0 Å². The third-order valence-corrected chi connectivity index (χ3v) is 5.67. The number of hydrogen-bond donors (Lipinski definition) is 1. The molecule has 0 spiro atoms. The Bertz CT molecular complexity index is 858. The second-order valence-electron chi connectivity index (χ2n) is 7.74. The van der Waals surface area contributed by atoms with Crippen LogP contribution in [0, 0.1) is 13.8 Å². The molecular weight excluding hydrogens is 382 g/mol. The molecule has 2 N–H and O–H groups in total. The summed E-state index contributed by atoms with van der Waals surface area (Å²) in [5.74, 6) is 0.806. The van der Waals surface area contributed by atoms with Gasteiger partial charge in [0, 0.05) is 32.7 Å². The summed E-state index contributed by atoms with van der Waals surface area (Å²) >= 11 is 0. The molecule has 0 unspecified atom stereocenters. The molecule has 1 aromatic heterocycles. The molecule has 1 saturated heterocycles. The predicted molar refractivity (Wildman–Crippen MR) is 115 cm³/mol. The Balaban J connectivity index is 1.47. The lowest BCUT2D eigenvalue weighted by molar-refractivity contribution is -0.135. The number of nitrogens with zero attached hydrogens (tertiary/aromatic N) is 4. The van der Waals surface area contributed by atoms with Gasteiger partial charge in [0.05, 0.1) is 24.2 Å². The Morgan fingerprint density at radius 2 is 1.90 bits per heavy atom. The van der Waals surface area contributed by atoms with Crippen LogP contribution in [0.5, 0.6) is 11.8 Å². The Labute approximate surface area is 178 Å². The number of carbonyl (C=O) groups is 1. The molecule has 1 fully saturated rings. The average Bonchev–Trinajstić information content (AvgIpc) is 2.75. The van der Waals surface area contributed by atoms with Crippen LogP contribution >= 0.6 is 0 Å². The minimum absolute atomic E-state index is 0.0722. The van der Waals surface area contributed by atoms with Crippen molar-refractivity contribution in [2.75, 3.05) is 39.6 Å². The van der Waals surface area contributed by atoms with E-state index in [1.165, 1.54) is 5.56 Å². The third-order valence-electron chi connectivity index (χ3n) is 5.67. The largest absolute Gasteiger partial charge is 0.497 e. The molecule has 162 valence electrons. The Hall–Kier alpha value is -2.87. The van der Waals surface area contributed by atoms with Crippen LogP contribution in [0.4, 0.5) is 5.69 Å². The molecule has 2 heterocycles. The summed E-state index contributed by atoms with van der Waals surface area (Å²) in [7, 11) is 3.53. The summed E-state index contributed by atoms with van der Waals surface area (Å²) in [6.07, 6.45) is 1.87. The molecule has 1 aliphatic heterocycles. The van der Waals surface area contributed by atoms with E-state index in [0.717, 1.165) is 38.2 Å². The molecular formula is C22H31N5O3. The standard InChI is InChI=1S/C22H31N5O3/c1-15-21(23)16(2)25-22(24-15)30-14-20(28)26(3)18-8-10-27(11-9-18)13-17-6-5-7-19(12-17)29-4/h5-7,12,18H,8-11,13-14,23H2,1-4H3. The Morgan fingerprint density at radius 1 is 1.23 bits per heavy atom. The SMILES string of the molecule is COc1cccc(CN2CCC(N(C)C(=O)COc3nc(C)c(N)c(C)n3)CC2)c1. The van der Waals surface area contributed by atoms with Gasteiger partial charge in [0.1, 0.15) is 5.75 Å². The van der Waals surface area contributed by atoms with E-state index in [1.54, 1.807) is 25.9 Å². The second kappa shape index (κ2) is 9.75. The minimum Gasteiger partial charge on any atom is -0.497 e. The minimum atomic E-state index is -0.0800. The number of hydrogen-bond acceptors (Lipinski definition) is 7. The molecule has 8 heteroatoms. The zero-order valence-corrected chi connectivity index (χ0v) is 18.2. The third kappa shape index (κ3) is 5.38. The topological polar surface area (TPSA) is 93.8 Å². The molecule has 0 atom stereocenters. The first-order valence-corrected chi connectivity index (χ1v) is 10.2. The lowest BCUT2D eigenvalue weighted by atomic mass is 10.0. The highest BCUT2D eigenvalue weighted by molar-refractivity contribution is 5.77. The number of rotatable bonds is 7. The van der Waals surface area contributed by atoms with Crippen molar-refractivity contribution in [2.45, 2.75) is 39.3 Å². The number of carbonyl (C=O) groups excluding carboxylic acids is 1. The van der Waals surface area contributed by atoms with Gasteiger partial charge in [-0.2, -0.15) is 9.97 Å². The van der Waals surface area contributed by atoms with E-state index in [9.17, 15) is 4.79 Å². The number of anilines is 1. The predicted octanol–water partition coefficient (Wildman–Crippen LogP) is 2.19. The zero-order valence-electron chi connectivity index (χ0n) is 18.2. The molecule has 1 amide bonds. The summed E-state index contributed by atoms with van der Waals surface area (Å²) in [5, 5.41) is 0. The number of amides is 1. The average molecular weight is 414 g/mol. The fraction of sp³-hybridized carbons (Fsp3) is 0.500. The number of benzene rings is 1. The molecule has 0 saturated carbocycles. The first-order chi connectivity index (χ1) is 14.4. The van der Waals surface area contributed by atoms with Crippen LogP contribution in [-0.4, -0.2) is 65.6 Å². The van der Waals surface area contributed by atoms with Crippen molar-refractivity contribution in [1.82, 2.24) is 19.8 Å². The summed E-state index contributed by atoms with van der Waals surface area (Å²) in [6.45, 7) is 6.29. The fourth-order valence-electron chi connectivity index (χ4n) is 3.68. The zero-order chi connectivity index (χ0) is 21.7. The first kappa shape index (κ1) is 21.8. The van der Waals surface area contributed by atoms with Crippen LogP contribution < -0.4 is 15.2 Å². The summed E-state index contributed by atoms with van der Waals surface area (Å²) in [5.41, 5.74) is 8.95. The van der Waals surface area contributed by atoms with Crippen molar-refractivity contribution in [2.24, 2.45) is 0 Å². The van der Waals surface area contributed by atoms with Gasteiger partial charge in [-0.15, -0.1) is 0 Å².